The van der Waals surface area contributed by atoms with Crippen LogP contribution < -0.4 is 0 Å². The summed E-state index contributed by atoms with van der Waals surface area (Å²) in [7, 11) is 0. The van der Waals surface area contributed by atoms with Gasteiger partial charge in [-0.25, -0.2) is 0 Å². The molecular weight excluding hydrogens is 187 g/mol. The highest BCUT2D eigenvalue weighted by molar-refractivity contribution is 5.75. The zero-order valence-corrected chi connectivity index (χ0v) is 7.83. The normalized spacial score (nSPS) is 10.7. The van der Waals surface area contributed by atoms with Crippen molar-refractivity contribution < 1.29 is 19.0 Å². The zero-order chi connectivity index (χ0) is 9.45. The van der Waals surface area contributed by atoms with E-state index in [4.69, 9.17) is 14.2 Å². The van der Waals surface area contributed by atoms with E-state index < -0.39 is 5.97 Å². The van der Waals surface area contributed by atoms with Crippen LogP contribution in [0, 0.1) is 0 Å². The minimum absolute atomic E-state index is 0. The highest BCUT2D eigenvalue weighted by Gasteiger charge is 2.31. The third-order valence-corrected chi connectivity index (χ3v) is 1.18. The maximum absolute atomic E-state index is 10.6. The molecule has 0 bridgehead atoms. The van der Waals surface area contributed by atoms with Crippen LogP contribution in [0.25, 0.3) is 0 Å². The lowest BCUT2D eigenvalue weighted by atomic mass is 10.6. The highest BCUT2D eigenvalue weighted by Crippen LogP contribution is 2.11. The Labute approximate surface area is 89.7 Å². The minimum atomic E-state index is -1.49. The largest absolute Gasteiger partial charge is 0.343 e. The Morgan fingerprint density at radius 2 is 1.31 bits per heavy atom. The van der Waals surface area contributed by atoms with Gasteiger partial charge in [0.2, 0.25) is 6.29 Å². The van der Waals surface area contributed by atoms with Gasteiger partial charge in [-0.05, 0) is 20.8 Å². The number of hydrogen-bond donors (Lipinski definition) is 0. The van der Waals surface area contributed by atoms with Crippen LogP contribution in [0.2, 0.25) is 0 Å². The number of carbonyl (C=O) groups excluding carboxylic acids is 1. The maximum atomic E-state index is 10.6. The van der Waals surface area contributed by atoms with Crippen LogP contribution in [0.5, 0.6) is 0 Å². The standard InChI is InChI=1S/C8H16O4.Al.3H/c1-4-10-8(7-9,11-5-2)12-6-3;;;;/h7H,4-6H2,1-3H3;;;;. The van der Waals surface area contributed by atoms with Crippen molar-refractivity contribution >= 4 is 23.6 Å². The third-order valence-electron chi connectivity index (χ3n) is 1.18. The van der Waals surface area contributed by atoms with Crippen LogP contribution >= 0.6 is 0 Å². The lowest BCUT2D eigenvalue weighted by Crippen LogP contribution is -2.41. The van der Waals surface area contributed by atoms with Crippen molar-refractivity contribution in [2.45, 2.75) is 26.7 Å². The first-order valence-electron chi connectivity index (χ1n) is 4.12. The number of rotatable bonds is 7. The quantitative estimate of drug-likeness (QED) is 0.328. The van der Waals surface area contributed by atoms with Gasteiger partial charge in [0.05, 0.1) is 19.8 Å². The SMILES string of the molecule is CCOC(C=O)(OCC)OCC.[AlH3]. The highest BCUT2D eigenvalue weighted by atomic mass is 27.0. The summed E-state index contributed by atoms with van der Waals surface area (Å²) in [5.41, 5.74) is 0. The Morgan fingerprint density at radius 3 is 1.46 bits per heavy atom. The second kappa shape index (κ2) is 8.67. The van der Waals surface area contributed by atoms with Crippen molar-refractivity contribution in [2.24, 2.45) is 0 Å². The molecule has 0 aromatic carbocycles. The number of carbonyl (C=O) groups is 1. The van der Waals surface area contributed by atoms with E-state index in [0.29, 0.717) is 26.1 Å². The Balaban J connectivity index is 0. The Bertz CT molecular complexity index is 112. The fourth-order valence-electron chi connectivity index (χ4n) is 0.831. The molecule has 0 aliphatic rings. The topological polar surface area (TPSA) is 44.8 Å². The van der Waals surface area contributed by atoms with Crippen LogP contribution in [-0.4, -0.2) is 49.4 Å². The molecule has 0 saturated carbocycles. The van der Waals surface area contributed by atoms with E-state index in [0.717, 1.165) is 0 Å². The summed E-state index contributed by atoms with van der Waals surface area (Å²) in [6.07, 6.45) is 0.531. The number of hydrogen-bond acceptors (Lipinski definition) is 4. The molecule has 13 heavy (non-hydrogen) atoms. The third kappa shape index (κ3) is 5.40. The number of aldehydes is 1. The summed E-state index contributed by atoms with van der Waals surface area (Å²) >= 11 is 0. The lowest BCUT2D eigenvalue weighted by molar-refractivity contribution is -0.343. The molecule has 0 heterocycles. The molecule has 0 N–H and O–H groups in total. The fourth-order valence-corrected chi connectivity index (χ4v) is 0.831. The molecule has 0 saturated heterocycles. The van der Waals surface area contributed by atoms with E-state index in [1.807, 2.05) is 0 Å². The average Bonchev–Trinajstić information content (AvgIpc) is 2.06. The lowest BCUT2D eigenvalue weighted by Gasteiger charge is -2.26. The van der Waals surface area contributed by atoms with Gasteiger partial charge in [0.1, 0.15) is 0 Å². The van der Waals surface area contributed by atoms with Gasteiger partial charge in [-0.3, -0.25) is 4.79 Å². The van der Waals surface area contributed by atoms with Gasteiger partial charge in [-0.2, -0.15) is 0 Å². The predicted molar refractivity (Wildman–Crippen MR) is 53.6 cm³/mol. The van der Waals surface area contributed by atoms with Crippen LogP contribution in [-0.2, 0) is 19.0 Å². The summed E-state index contributed by atoms with van der Waals surface area (Å²) in [6, 6.07) is 0. The van der Waals surface area contributed by atoms with E-state index in [-0.39, 0.29) is 17.4 Å². The molecule has 0 aromatic rings. The molecule has 0 aliphatic heterocycles. The first kappa shape index (κ1) is 15.5. The Hall–Kier alpha value is 0.0825. The van der Waals surface area contributed by atoms with Crippen molar-refractivity contribution in [2.75, 3.05) is 19.8 Å². The average molecular weight is 206 g/mol. The predicted octanol–water partition coefficient (Wildman–Crippen LogP) is -0.235. The molecule has 0 atom stereocenters. The monoisotopic (exact) mass is 206 g/mol. The molecule has 78 valence electrons. The van der Waals surface area contributed by atoms with Crippen molar-refractivity contribution in [3.63, 3.8) is 0 Å². The smallest absolute Gasteiger partial charge is 0.322 e. The summed E-state index contributed by atoms with van der Waals surface area (Å²) < 4.78 is 15.1. The second-order valence-electron chi connectivity index (χ2n) is 2.02. The molecule has 0 radical (unpaired) electrons. The summed E-state index contributed by atoms with van der Waals surface area (Å²) in [5.74, 6) is -1.49. The molecule has 0 spiro atoms. The Kier molecular flexibility index (Phi) is 10.4. The van der Waals surface area contributed by atoms with Crippen LogP contribution in [0.1, 0.15) is 20.8 Å². The van der Waals surface area contributed by atoms with Crippen LogP contribution in [0.4, 0.5) is 0 Å². The van der Waals surface area contributed by atoms with Crippen molar-refractivity contribution in [1.29, 1.82) is 0 Å². The first-order valence-corrected chi connectivity index (χ1v) is 4.12. The molecule has 0 fully saturated rings. The van der Waals surface area contributed by atoms with Gasteiger partial charge in [0.25, 0.3) is 0 Å². The van der Waals surface area contributed by atoms with Gasteiger partial charge in [-0.1, -0.05) is 0 Å². The van der Waals surface area contributed by atoms with Gasteiger partial charge < -0.3 is 14.2 Å². The van der Waals surface area contributed by atoms with Crippen LogP contribution in [0.15, 0.2) is 0 Å². The van der Waals surface area contributed by atoms with Crippen molar-refractivity contribution in [3.05, 3.63) is 0 Å². The van der Waals surface area contributed by atoms with Crippen molar-refractivity contribution in [1.82, 2.24) is 0 Å². The fraction of sp³-hybridized carbons (Fsp3) is 0.875. The minimum Gasteiger partial charge on any atom is -0.322 e. The molecule has 0 rings (SSSR count). The molecule has 5 heteroatoms. The van der Waals surface area contributed by atoms with Gasteiger partial charge >= 0.3 is 5.97 Å². The first-order chi connectivity index (χ1) is 5.74. The van der Waals surface area contributed by atoms with Gasteiger partial charge in [0, 0.05) is 0 Å². The summed E-state index contributed by atoms with van der Waals surface area (Å²) in [5, 5.41) is 0. The van der Waals surface area contributed by atoms with E-state index in [9.17, 15) is 4.79 Å². The molecule has 4 nitrogen and oxygen atoms in total. The van der Waals surface area contributed by atoms with E-state index in [1.54, 1.807) is 20.8 Å². The molecule has 0 aliphatic carbocycles. The zero-order valence-electron chi connectivity index (χ0n) is 7.83. The molecule has 0 unspecified atom stereocenters. The van der Waals surface area contributed by atoms with E-state index >= 15 is 0 Å². The summed E-state index contributed by atoms with van der Waals surface area (Å²) in [6.45, 7) is 6.44. The van der Waals surface area contributed by atoms with E-state index in [2.05, 4.69) is 0 Å². The van der Waals surface area contributed by atoms with E-state index in [1.165, 1.54) is 0 Å². The van der Waals surface area contributed by atoms with Crippen LogP contribution in [0.3, 0.4) is 0 Å². The van der Waals surface area contributed by atoms with Gasteiger partial charge in [-0.15, -0.1) is 0 Å². The summed E-state index contributed by atoms with van der Waals surface area (Å²) in [4.78, 5) is 10.6. The maximum Gasteiger partial charge on any atom is 0.343 e. The Morgan fingerprint density at radius 1 is 1.00 bits per heavy atom. The van der Waals surface area contributed by atoms with Gasteiger partial charge in [0.15, 0.2) is 17.4 Å². The molecule has 0 aromatic heterocycles. The van der Waals surface area contributed by atoms with Crippen molar-refractivity contribution in [3.8, 4) is 0 Å². The second-order valence-corrected chi connectivity index (χ2v) is 2.02. The molecule has 0 amide bonds. The molecular formula is C8H19AlO4. The number of ether oxygens (including phenoxy) is 3.